The van der Waals surface area contributed by atoms with Gasteiger partial charge in [-0.3, -0.25) is 4.79 Å². The summed E-state index contributed by atoms with van der Waals surface area (Å²) < 4.78 is 29.0. The van der Waals surface area contributed by atoms with E-state index in [-0.39, 0.29) is 36.9 Å². The van der Waals surface area contributed by atoms with Gasteiger partial charge in [0.2, 0.25) is 5.79 Å². The second-order valence-corrected chi connectivity index (χ2v) is 9.07. The predicted octanol–water partition coefficient (Wildman–Crippen LogP) is 4.20. The van der Waals surface area contributed by atoms with Crippen molar-refractivity contribution in [3.63, 3.8) is 0 Å². The van der Waals surface area contributed by atoms with Crippen molar-refractivity contribution in [1.29, 1.82) is 0 Å². The number of rotatable bonds is 7. The van der Waals surface area contributed by atoms with Gasteiger partial charge in [0.15, 0.2) is 0 Å². The van der Waals surface area contributed by atoms with Gasteiger partial charge in [-0.25, -0.2) is 4.79 Å². The Morgan fingerprint density at radius 1 is 1.12 bits per heavy atom. The average molecular weight is 485 g/mol. The molecule has 3 aliphatic rings. The van der Waals surface area contributed by atoms with Crippen LogP contribution in [-0.4, -0.2) is 49.8 Å². The molecule has 4 atom stereocenters. The number of hydrogen-bond donors (Lipinski definition) is 0. The average Bonchev–Trinajstić information content (AvgIpc) is 3.52. The number of fused-ring (bicyclic) bond motifs is 1. The molecule has 0 aromatic heterocycles. The summed E-state index contributed by atoms with van der Waals surface area (Å²) in [6.07, 6.45) is 3.76. The lowest BCUT2D eigenvalue weighted by Crippen LogP contribution is -2.36. The molecule has 2 heterocycles. The zero-order chi connectivity index (χ0) is 23.5. The van der Waals surface area contributed by atoms with Crippen molar-refractivity contribution in [3.05, 3.63) is 77.3 Å². The second kappa shape index (κ2) is 9.78. The van der Waals surface area contributed by atoms with Crippen molar-refractivity contribution < 1.29 is 33.3 Å². The zero-order valence-electron chi connectivity index (χ0n) is 18.4. The van der Waals surface area contributed by atoms with Crippen molar-refractivity contribution >= 4 is 23.5 Å². The highest BCUT2D eigenvalue weighted by molar-refractivity contribution is 6.30. The fourth-order valence-corrected chi connectivity index (χ4v) is 4.95. The van der Waals surface area contributed by atoms with Gasteiger partial charge in [-0.2, -0.15) is 0 Å². The third-order valence-electron chi connectivity index (χ3n) is 6.40. The highest BCUT2D eigenvalue weighted by Crippen LogP contribution is 2.44. The quantitative estimate of drug-likeness (QED) is 0.430. The number of carbonyl (C=O) groups excluding carboxylic acids is 2. The largest absolute Gasteiger partial charge is 0.488 e. The van der Waals surface area contributed by atoms with Crippen LogP contribution in [0.15, 0.2) is 66.7 Å². The fourth-order valence-electron chi connectivity index (χ4n) is 4.77. The third kappa shape index (κ3) is 4.97. The summed E-state index contributed by atoms with van der Waals surface area (Å²) in [7, 11) is 0. The van der Waals surface area contributed by atoms with E-state index >= 15 is 0 Å². The monoisotopic (exact) mass is 484 g/mol. The van der Waals surface area contributed by atoms with Gasteiger partial charge < -0.3 is 23.7 Å². The summed E-state index contributed by atoms with van der Waals surface area (Å²) in [6, 6.07) is 15.9. The molecule has 0 N–H and O–H groups in total. The maximum atomic E-state index is 12.7. The van der Waals surface area contributed by atoms with Crippen LogP contribution < -0.4 is 4.74 Å². The van der Waals surface area contributed by atoms with E-state index < -0.39 is 17.9 Å². The van der Waals surface area contributed by atoms with Gasteiger partial charge in [0, 0.05) is 23.3 Å². The first kappa shape index (κ1) is 22.9. The molecule has 8 heteroatoms. The first-order valence-electron chi connectivity index (χ1n) is 11.3. The van der Waals surface area contributed by atoms with Crippen molar-refractivity contribution in [2.24, 2.45) is 11.8 Å². The van der Waals surface area contributed by atoms with Crippen molar-refractivity contribution in [1.82, 2.24) is 0 Å². The van der Waals surface area contributed by atoms with E-state index in [9.17, 15) is 9.59 Å². The van der Waals surface area contributed by atoms with Crippen LogP contribution >= 0.6 is 11.6 Å². The van der Waals surface area contributed by atoms with E-state index in [1.54, 1.807) is 48.5 Å². The molecule has 1 saturated carbocycles. The van der Waals surface area contributed by atoms with E-state index in [4.69, 9.17) is 35.3 Å². The smallest absolute Gasteiger partial charge is 0.338 e. The molecule has 7 nitrogen and oxygen atoms in total. The molecule has 5 rings (SSSR count). The fraction of sp³-hybridized carbons (Fsp3) is 0.385. The molecular formula is C26H25ClO7. The Hall–Kier alpha value is -2.87. The summed E-state index contributed by atoms with van der Waals surface area (Å²) in [6.45, 7) is 0.969. The van der Waals surface area contributed by atoms with Crippen LogP contribution in [0.2, 0.25) is 5.02 Å². The van der Waals surface area contributed by atoms with Gasteiger partial charge in [0.25, 0.3) is 0 Å². The molecule has 1 aliphatic carbocycles. The SMILES string of the molecule is O=C1C[C@@H]2[C@@H](/C=C/C3(COc4cccc(Cl)c4)OCCO3)[C@H](OC(=O)c3ccccc3)C[C@@H]2O1. The third-order valence-corrected chi connectivity index (χ3v) is 6.64. The molecule has 2 saturated heterocycles. The van der Waals surface area contributed by atoms with E-state index in [0.29, 0.717) is 36.0 Å². The molecule has 178 valence electrons. The molecule has 0 unspecified atom stereocenters. The number of esters is 2. The molecule has 2 aliphatic heterocycles. The highest BCUT2D eigenvalue weighted by atomic mass is 35.5. The summed E-state index contributed by atoms with van der Waals surface area (Å²) in [5, 5.41) is 0.571. The minimum Gasteiger partial charge on any atom is -0.488 e. The van der Waals surface area contributed by atoms with E-state index in [2.05, 4.69) is 0 Å². The van der Waals surface area contributed by atoms with Gasteiger partial charge in [-0.1, -0.05) is 41.9 Å². The molecule has 0 bridgehead atoms. The number of benzene rings is 2. The van der Waals surface area contributed by atoms with Gasteiger partial charge in [0.1, 0.15) is 24.6 Å². The Kier molecular flexibility index (Phi) is 6.59. The first-order valence-corrected chi connectivity index (χ1v) is 11.7. The Morgan fingerprint density at radius 3 is 2.68 bits per heavy atom. The van der Waals surface area contributed by atoms with E-state index in [1.807, 2.05) is 18.2 Å². The lowest BCUT2D eigenvalue weighted by molar-refractivity contribution is -0.141. The van der Waals surface area contributed by atoms with Gasteiger partial charge in [-0.15, -0.1) is 0 Å². The summed E-state index contributed by atoms with van der Waals surface area (Å²) in [5.74, 6) is -1.41. The highest BCUT2D eigenvalue weighted by Gasteiger charge is 2.51. The van der Waals surface area contributed by atoms with Crippen LogP contribution in [0.3, 0.4) is 0 Å². The standard InChI is InChI=1S/C26H25ClO7/c27-18-7-4-8-19(13-18)30-16-26(31-11-12-32-26)10-9-20-21-14-24(28)33-23(21)15-22(20)34-25(29)17-5-2-1-3-6-17/h1-10,13,20-23H,11-12,14-16H2/b10-9+/t20-,21-,22-,23+/m1/s1. The normalized spacial score (nSPS) is 27.5. The Labute approximate surface area is 202 Å². The number of ether oxygens (including phenoxy) is 5. The molecule has 2 aromatic carbocycles. The van der Waals surface area contributed by atoms with E-state index in [1.165, 1.54) is 0 Å². The molecule has 3 fully saturated rings. The van der Waals surface area contributed by atoms with Crippen LogP contribution in [-0.2, 0) is 23.7 Å². The van der Waals surface area contributed by atoms with Crippen LogP contribution in [0.25, 0.3) is 0 Å². The first-order chi connectivity index (χ1) is 16.5. The molecule has 2 aromatic rings. The number of carbonyl (C=O) groups is 2. The van der Waals surface area contributed by atoms with Crippen molar-refractivity contribution in [2.45, 2.75) is 30.8 Å². The zero-order valence-corrected chi connectivity index (χ0v) is 19.2. The lowest BCUT2D eigenvalue weighted by Gasteiger charge is -2.26. The number of halogens is 1. The Morgan fingerprint density at radius 2 is 1.91 bits per heavy atom. The van der Waals surface area contributed by atoms with Crippen LogP contribution in [0, 0.1) is 11.8 Å². The lowest BCUT2D eigenvalue weighted by atomic mass is 9.91. The topological polar surface area (TPSA) is 80.3 Å². The van der Waals surface area contributed by atoms with Crippen LogP contribution in [0.1, 0.15) is 23.2 Å². The van der Waals surface area contributed by atoms with Gasteiger partial charge >= 0.3 is 11.9 Å². The Balaban J connectivity index is 1.33. The molecule has 34 heavy (non-hydrogen) atoms. The number of hydrogen-bond acceptors (Lipinski definition) is 7. The van der Waals surface area contributed by atoms with Gasteiger partial charge in [0.05, 0.1) is 25.2 Å². The van der Waals surface area contributed by atoms with Gasteiger partial charge in [-0.05, 0) is 36.4 Å². The second-order valence-electron chi connectivity index (χ2n) is 8.63. The summed E-state index contributed by atoms with van der Waals surface area (Å²) >= 11 is 6.05. The van der Waals surface area contributed by atoms with Crippen LogP contribution in [0.4, 0.5) is 0 Å². The molecular weight excluding hydrogens is 460 g/mol. The maximum absolute atomic E-state index is 12.7. The molecule has 0 radical (unpaired) electrons. The molecule has 0 amide bonds. The minimum atomic E-state index is -1.09. The summed E-state index contributed by atoms with van der Waals surface area (Å²) in [5.41, 5.74) is 0.480. The predicted molar refractivity (Wildman–Crippen MR) is 122 cm³/mol. The van der Waals surface area contributed by atoms with Crippen LogP contribution in [0.5, 0.6) is 5.75 Å². The van der Waals surface area contributed by atoms with Crippen molar-refractivity contribution in [3.8, 4) is 5.75 Å². The molecule has 0 spiro atoms. The summed E-state index contributed by atoms with van der Waals surface area (Å²) in [4.78, 5) is 24.6. The van der Waals surface area contributed by atoms with E-state index in [0.717, 1.165) is 0 Å². The van der Waals surface area contributed by atoms with Crippen molar-refractivity contribution in [2.75, 3.05) is 19.8 Å². The maximum Gasteiger partial charge on any atom is 0.338 e. The Bertz CT molecular complexity index is 1060. The minimum absolute atomic E-state index is 0.0791.